The van der Waals surface area contributed by atoms with E-state index in [1.165, 1.54) is 0 Å². The number of ether oxygens (including phenoxy) is 1. The zero-order chi connectivity index (χ0) is 25.8. The number of hydrogen-bond acceptors (Lipinski definition) is 5. The predicted octanol–water partition coefficient (Wildman–Crippen LogP) is 6.42. The highest BCUT2D eigenvalue weighted by Crippen LogP contribution is 2.50. The summed E-state index contributed by atoms with van der Waals surface area (Å²) in [5, 5.41) is 6.50. The molecule has 0 aliphatic carbocycles. The second-order valence-electron chi connectivity index (χ2n) is 9.25. The molecule has 0 radical (unpaired) electrons. The number of ketones is 1. The van der Waals surface area contributed by atoms with Crippen LogP contribution in [-0.2, 0) is 20.0 Å². The molecule has 5 nitrogen and oxygen atoms in total. The Kier molecular flexibility index (Phi) is 6.56. The summed E-state index contributed by atoms with van der Waals surface area (Å²) < 4.78 is 64.0. The van der Waals surface area contributed by atoms with E-state index in [2.05, 4.69) is 10.5 Å². The summed E-state index contributed by atoms with van der Waals surface area (Å²) in [6.45, 7) is 2.93. The molecule has 5 rings (SSSR count). The summed E-state index contributed by atoms with van der Waals surface area (Å²) in [6.07, 6.45) is -5.90. The van der Waals surface area contributed by atoms with Crippen LogP contribution in [0.5, 0.6) is 0 Å². The van der Waals surface area contributed by atoms with Gasteiger partial charge in [0.2, 0.25) is 0 Å². The van der Waals surface area contributed by atoms with Crippen molar-refractivity contribution >= 4 is 34.7 Å². The lowest BCUT2D eigenvalue weighted by molar-refractivity contribution is -0.178. The molecule has 1 N–H and O–H groups in total. The summed E-state index contributed by atoms with van der Waals surface area (Å²) in [4.78, 5) is 17.1. The highest BCUT2D eigenvalue weighted by atomic mass is 35.5. The Bertz CT molecular complexity index is 1250. The minimum Gasteiger partial charge on any atom is -0.386 e. The largest absolute Gasteiger partial charge is 0.401 e. The van der Waals surface area contributed by atoms with Crippen molar-refractivity contribution in [2.45, 2.75) is 50.2 Å². The van der Waals surface area contributed by atoms with Crippen LogP contribution in [0.15, 0.2) is 35.5 Å². The van der Waals surface area contributed by atoms with Crippen LogP contribution in [-0.4, -0.2) is 30.8 Å². The molecule has 2 aromatic rings. The Morgan fingerprint density at radius 1 is 1.19 bits per heavy atom. The number of halogens is 6. The van der Waals surface area contributed by atoms with Crippen molar-refractivity contribution < 1.29 is 31.9 Å². The van der Waals surface area contributed by atoms with Gasteiger partial charge in [0.1, 0.15) is 28.8 Å². The molecule has 0 amide bonds. The SMILES string of the molecule is CCC(=O)CCC1OC2(CNC2)c2ccc(C3=NOC(c4cc(Cl)cc(Cl)c4F)C3C(F)(F)F)cc21. The minimum absolute atomic E-state index is 0.0204. The van der Waals surface area contributed by atoms with Crippen LogP contribution in [0.3, 0.4) is 0 Å². The van der Waals surface area contributed by atoms with E-state index in [4.69, 9.17) is 32.8 Å². The maximum Gasteiger partial charge on any atom is 0.401 e. The first-order chi connectivity index (χ1) is 17.0. The highest BCUT2D eigenvalue weighted by Gasteiger charge is 2.55. The second kappa shape index (κ2) is 9.28. The third-order valence-corrected chi connectivity index (χ3v) is 7.49. The number of Topliss-reactive ketones (excluding diaryl/α,β-unsaturated/α-hetero) is 1. The van der Waals surface area contributed by atoms with E-state index in [9.17, 15) is 22.4 Å². The Balaban J connectivity index is 1.52. The molecule has 1 saturated heterocycles. The Morgan fingerprint density at radius 2 is 1.94 bits per heavy atom. The summed E-state index contributed by atoms with van der Waals surface area (Å²) >= 11 is 11.8. The maximum absolute atomic E-state index is 14.7. The van der Waals surface area contributed by atoms with Crippen molar-refractivity contribution in [3.05, 3.63) is 68.4 Å². The first-order valence-corrected chi connectivity index (χ1v) is 12.3. The number of nitrogens with one attached hydrogen (secondary N) is 1. The third-order valence-electron chi connectivity index (χ3n) is 7.00. The molecule has 3 atom stereocenters. The lowest BCUT2D eigenvalue weighted by atomic mass is 9.83. The van der Waals surface area contributed by atoms with Crippen LogP contribution in [0, 0.1) is 11.7 Å². The van der Waals surface area contributed by atoms with Gasteiger partial charge >= 0.3 is 6.18 Å². The molecule has 36 heavy (non-hydrogen) atoms. The summed E-state index contributed by atoms with van der Waals surface area (Å²) in [6, 6.07) is 7.08. The van der Waals surface area contributed by atoms with Crippen LogP contribution in [0.2, 0.25) is 10.0 Å². The fraction of sp³-hybridized carbons (Fsp3) is 0.440. The number of carbonyl (C=O) groups excluding carboxylic acids is 1. The van der Waals surface area contributed by atoms with Crippen LogP contribution in [0.4, 0.5) is 17.6 Å². The number of benzene rings is 2. The van der Waals surface area contributed by atoms with Crippen molar-refractivity contribution in [3.8, 4) is 0 Å². The first-order valence-electron chi connectivity index (χ1n) is 11.5. The fourth-order valence-electron chi connectivity index (χ4n) is 5.06. The van der Waals surface area contributed by atoms with Gasteiger partial charge < -0.3 is 14.9 Å². The lowest BCUT2D eigenvalue weighted by Crippen LogP contribution is -2.56. The van der Waals surface area contributed by atoms with Gasteiger partial charge in [-0.15, -0.1) is 0 Å². The fourth-order valence-corrected chi connectivity index (χ4v) is 5.57. The van der Waals surface area contributed by atoms with Crippen LogP contribution in [0.1, 0.15) is 60.6 Å². The van der Waals surface area contributed by atoms with Gasteiger partial charge in [-0.05, 0) is 35.7 Å². The summed E-state index contributed by atoms with van der Waals surface area (Å²) in [5.74, 6) is -3.21. The van der Waals surface area contributed by atoms with Crippen LogP contribution < -0.4 is 5.32 Å². The third kappa shape index (κ3) is 4.30. The molecule has 192 valence electrons. The molecule has 0 aromatic heterocycles. The van der Waals surface area contributed by atoms with Crippen molar-refractivity contribution in [3.63, 3.8) is 0 Å². The number of nitrogens with zero attached hydrogens (tertiary/aromatic N) is 1. The molecule has 1 spiro atoms. The van der Waals surface area contributed by atoms with Gasteiger partial charge in [-0.2, -0.15) is 13.2 Å². The Morgan fingerprint density at radius 3 is 2.58 bits per heavy atom. The quantitative estimate of drug-likeness (QED) is 0.337. The maximum atomic E-state index is 14.7. The van der Waals surface area contributed by atoms with Gasteiger partial charge in [-0.1, -0.05) is 47.4 Å². The van der Waals surface area contributed by atoms with E-state index in [-0.39, 0.29) is 22.1 Å². The van der Waals surface area contributed by atoms with Crippen LogP contribution in [0.25, 0.3) is 0 Å². The number of hydrogen-bond donors (Lipinski definition) is 1. The number of alkyl halides is 3. The van der Waals surface area contributed by atoms with Crippen molar-refractivity contribution in [1.29, 1.82) is 0 Å². The summed E-state index contributed by atoms with van der Waals surface area (Å²) in [7, 11) is 0. The first kappa shape index (κ1) is 25.4. The average Bonchev–Trinajstić information content (AvgIpc) is 3.39. The smallest absolute Gasteiger partial charge is 0.386 e. The van der Waals surface area contributed by atoms with Gasteiger partial charge in [-0.3, -0.25) is 4.79 Å². The molecule has 3 heterocycles. The molecule has 3 aliphatic rings. The number of fused-ring (bicyclic) bond motifs is 2. The molecule has 3 unspecified atom stereocenters. The zero-order valence-electron chi connectivity index (χ0n) is 19.1. The van der Waals surface area contributed by atoms with Crippen molar-refractivity contribution in [2.75, 3.05) is 13.1 Å². The predicted molar refractivity (Wildman–Crippen MR) is 126 cm³/mol. The molecule has 2 aromatic carbocycles. The van der Waals surface area contributed by atoms with Gasteiger partial charge in [0, 0.05) is 42.1 Å². The van der Waals surface area contributed by atoms with Gasteiger partial charge in [0.15, 0.2) is 6.10 Å². The number of oxime groups is 1. The molecule has 11 heteroatoms. The molecule has 3 aliphatic heterocycles. The van der Waals surface area contributed by atoms with Crippen molar-refractivity contribution in [1.82, 2.24) is 5.32 Å². The van der Waals surface area contributed by atoms with E-state index < -0.39 is 46.3 Å². The van der Waals surface area contributed by atoms with E-state index in [0.29, 0.717) is 32.4 Å². The van der Waals surface area contributed by atoms with E-state index >= 15 is 0 Å². The molecule has 1 fully saturated rings. The van der Waals surface area contributed by atoms with Crippen LogP contribution >= 0.6 is 23.2 Å². The average molecular weight is 545 g/mol. The van der Waals surface area contributed by atoms with E-state index in [0.717, 1.165) is 23.3 Å². The highest BCUT2D eigenvalue weighted by molar-refractivity contribution is 6.34. The molecular weight excluding hydrogens is 523 g/mol. The van der Waals surface area contributed by atoms with Gasteiger partial charge in [0.25, 0.3) is 0 Å². The number of carbonyl (C=O) groups is 1. The normalized spacial score (nSPS) is 24.3. The Hall–Kier alpha value is -2.20. The lowest BCUT2D eigenvalue weighted by Gasteiger charge is -2.39. The topological polar surface area (TPSA) is 59.9 Å². The monoisotopic (exact) mass is 544 g/mol. The summed E-state index contributed by atoms with van der Waals surface area (Å²) in [5.41, 5.74) is 0.435. The van der Waals surface area contributed by atoms with E-state index in [1.54, 1.807) is 25.1 Å². The number of rotatable bonds is 6. The van der Waals surface area contributed by atoms with Crippen molar-refractivity contribution in [2.24, 2.45) is 11.1 Å². The zero-order valence-corrected chi connectivity index (χ0v) is 20.6. The van der Waals surface area contributed by atoms with Gasteiger partial charge in [-0.25, -0.2) is 4.39 Å². The van der Waals surface area contributed by atoms with Gasteiger partial charge in [0.05, 0.1) is 11.1 Å². The second-order valence-corrected chi connectivity index (χ2v) is 10.1. The van der Waals surface area contributed by atoms with E-state index in [1.807, 2.05) is 0 Å². The minimum atomic E-state index is -4.80. The Labute approximate surface area is 214 Å². The molecule has 0 saturated carbocycles. The standard InChI is InChI=1S/C25H22Cl2F4N2O3/c1-2-14(34)4-6-19-15-7-12(3-5-17(15)24(35-19)10-32-11-24)22-20(25(29,30)31)23(36-33-22)16-8-13(26)9-18(27)21(16)28/h3,5,7-9,19-20,23,32H,2,4,6,10-11H2,1H3. The molecule has 0 bridgehead atoms. The molecular formula is C25H22Cl2F4N2O3.